The summed E-state index contributed by atoms with van der Waals surface area (Å²) in [7, 11) is 1.62. The molecule has 1 amide bonds. The Morgan fingerprint density at radius 2 is 1.82 bits per heavy atom. The molecule has 0 aliphatic carbocycles. The third-order valence-electron chi connectivity index (χ3n) is 3.54. The van der Waals surface area contributed by atoms with Gasteiger partial charge in [-0.15, -0.1) is 0 Å². The van der Waals surface area contributed by atoms with Crippen molar-refractivity contribution < 1.29 is 19.0 Å². The number of anilines is 1. The Morgan fingerprint density at radius 3 is 2.50 bits per heavy atom. The van der Waals surface area contributed by atoms with Crippen molar-refractivity contribution >= 4 is 44.9 Å². The van der Waals surface area contributed by atoms with E-state index < -0.39 is 0 Å². The van der Waals surface area contributed by atoms with Crippen molar-refractivity contribution in [1.29, 1.82) is 0 Å². The summed E-state index contributed by atoms with van der Waals surface area (Å²) in [5.74, 6) is 0.900. The van der Waals surface area contributed by atoms with Crippen molar-refractivity contribution in [3.05, 3.63) is 52.5 Å². The zero-order valence-corrected chi connectivity index (χ0v) is 18.2. The van der Waals surface area contributed by atoms with Gasteiger partial charge in [-0.05, 0) is 61.1 Å². The first-order valence-electron chi connectivity index (χ1n) is 8.80. The number of nitrogens with one attached hydrogen (secondary N) is 2. The highest BCUT2D eigenvalue weighted by Gasteiger charge is 2.15. The van der Waals surface area contributed by atoms with Gasteiger partial charge in [-0.2, -0.15) is 0 Å². The second-order valence-electron chi connectivity index (χ2n) is 5.76. The molecule has 0 unspecified atom stereocenters. The number of hydrogen-bond donors (Lipinski definition) is 2. The number of benzene rings is 2. The zero-order valence-electron chi connectivity index (χ0n) is 15.8. The summed E-state index contributed by atoms with van der Waals surface area (Å²) in [6.07, 6.45) is 0.849. The molecule has 2 rings (SSSR count). The van der Waals surface area contributed by atoms with Crippen LogP contribution in [0.2, 0.25) is 0 Å². The highest BCUT2D eigenvalue weighted by Crippen LogP contribution is 2.23. The van der Waals surface area contributed by atoms with Crippen LogP contribution in [0.15, 0.2) is 46.9 Å². The number of rotatable bonds is 9. The van der Waals surface area contributed by atoms with Crippen LogP contribution in [0.1, 0.15) is 23.7 Å². The molecule has 2 aromatic carbocycles. The van der Waals surface area contributed by atoms with Crippen molar-refractivity contribution in [2.45, 2.75) is 13.3 Å². The third kappa shape index (κ3) is 7.10. The molecule has 0 aliphatic rings. The molecule has 6 nitrogen and oxygen atoms in total. The molecule has 0 saturated carbocycles. The number of ether oxygens (including phenoxy) is 3. The van der Waals surface area contributed by atoms with E-state index in [1.165, 1.54) is 0 Å². The highest BCUT2D eigenvalue weighted by molar-refractivity contribution is 9.10. The predicted octanol–water partition coefficient (Wildman–Crippen LogP) is 4.39. The van der Waals surface area contributed by atoms with Crippen LogP contribution >= 0.6 is 28.1 Å². The molecule has 2 aromatic rings. The van der Waals surface area contributed by atoms with E-state index in [0.29, 0.717) is 31.1 Å². The summed E-state index contributed by atoms with van der Waals surface area (Å²) in [6, 6.07) is 12.5. The number of methoxy groups -OCH3 is 1. The molecule has 0 fully saturated rings. The van der Waals surface area contributed by atoms with E-state index in [9.17, 15) is 4.79 Å². The van der Waals surface area contributed by atoms with Gasteiger partial charge in [0.1, 0.15) is 18.1 Å². The Kier molecular flexibility index (Phi) is 9.19. The molecule has 8 heteroatoms. The highest BCUT2D eigenvalue weighted by atomic mass is 79.9. The van der Waals surface area contributed by atoms with E-state index in [1.807, 2.05) is 37.3 Å². The SMILES string of the molecule is CCCOc1ccc(Br)cc1C(=O)NC(=S)Nc1ccc(OCCOC)cc1. The average Bonchev–Trinajstić information content (AvgIpc) is 2.68. The molecule has 0 radical (unpaired) electrons. The van der Waals surface area contributed by atoms with Crippen LogP contribution in [-0.4, -0.2) is 38.0 Å². The fraction of sp³-hybridized carbons (Fsp3) is 0.300. The summed E-state index contributed by atoms with van der Waals surface area (Å²) in [5.41, 5.74) is 1.15. The van der Waals surface area contributed by atoms with E-state index >= 15 is 0 Å². The van der Waals surface area contributed by atoms with Crippen molar-refractivity contribution in [2.24, 2.45) is 0 Å². The first-order chi connectivity index (χ1) is 13.5. The van der Waals surface area contributed by atoms with Crippen LogP contribution < -0.4 is 20.1 Å². The van der Waals surface area contributed by atoms with Gasteiger partial charge in [0.05, 0.1) is 18.8 Å². The van der Waals surface area contributed by atoms with Gasteiger partial charge in [0.25, 0.3) is 5.91 Å². The van der Waals surface area contributed by atoms with Gasteiger partial charge in [-0.25, -0.2) is 0 Å². The van der Waals surface area contributed by atoms with Crippen LogP contribution in [0.4, 0.5) is 5.69 Å². The number of carbonyl (C=O) groups is 1. The molecule has 28 heavy (non-hydrogen) atoms. The second-order valence-corrected chi connectivity index (χ2v) is 7.09. The van der Waals surface area contributed by atoms with Crippen molar-refractivity contribution in [3.8, 4) is 11.5 Å². The lowest BCUT2D eigenvalue weighted by Gasteiger charge is -2.13. The monoisotopic (exact) mass is 466 g/mol. The fourth-order valence-electron chi connectivity index (χ4n) is 2.23. The summed E-state index contributed by atoms with van der Waals surface area (Å²) in [4.78, 5) is 12.6. The van der Waals surface area contributed by atoms with Crippen LogP contribution in [0, 0.1) is 0 Å². The summed E-state index contributed by atoms with van der Waals surface area (Å²) in [5, 5.41) is 5.85. The fourth-order valence-corrected chi connectivity index (χ4v) is 2.80. The lowest BCUT2D eigenvalue weighted by molar-refractivity contribution is 0.0973. The molecule has 150 valence electrons. The number of halogens is 1. The normalized spacial score (nSPS) is 10.2. The molecule has 0 aromatic heterocycles. The molecule has 0 spiro atoms. The Labute approximate surface area is 178 Å². The van der Waals surface area contributed by atoms with Gasteiger partial charge in [0.2, 0.25) is 0 Å². The van der Waals surface area contributed by atoms with E-state index in [2.05, 4.69) is 26.6 Å². The number of hydrogen-bond acceptors (Lipinski definition) is 5. The predicted molar refractivity (Wildman–Crippen MR) is 117 cm³/mol. The van der Waals surface area contributed by atoms with E-state index in [-0.39, 0.29) is 11.0 Å². The first-order valence-corrected chi connectivity index (χ1v) is 10.00. The number of amides is 1. The molecule has 0 bridgehead atoms. The van der Waals surface area contributed by atoms with E-state index in [4.69, 9.17) is 26.4 Å². The maximum Gasteiger partial charge on any atom is 0.261 e. The minimum Gasteiger partial charge on any atom is -0.493 e. The molecule has 2 N–H and O–H groups in total. The van der Waals surface area contributed by atoms with Gasteiger partial charge in [-0.3, -0.25) is 10.1 Å². The van der Waals surface area contributed by atoms with Gasteiger partial charge >= 0.3 is 0 Å². The van der Waals surface area contributed by atoms with Gasteiger partial charge in [0, 0.05) is 17.3 Å². The smallest absolute Gasteiger partial charge is 0.261 e. The number of thiocarbonyl (C=S) groups is 1. The summed E-state index contributed by atoms with van der Waals surface area (Å²) < 4.78 is 16.9. The minimum atomic E-state index is -0.343. The van der Waals surface area contributed by atoms with Gasteiger partial charge in [-0.1, -0.05) is 22.9 Å². The van der Waals surface area contributed by atoms with Crippen LogP contribution in [0.25, 0.3) is 0 Å². The lowest BCUT2D eigenvalue weighted by Crippen LogP contribution is -2.34. The van der Waals surface area contributed by atoms with Crippen LogP contribution in [0.3, 0.4) is 0 Å². The quantitative estimate of drug-likeness (QED) is 0.421. The summed E-state index contributed by atoms with van der Waals surface area (Å²) in [6.45, 7) is 3.54. The van der Waals surface area contributed by atoms with Crippen LogP contribution in [-0.2, 0) is 4.74 Å². The van der Waals surface area contributed by atoms with Crippen LogP contribution in [0.5, 0.6) is 11.5 Å². The molecular formula is C20H23BrN2O4S. The average molecular weight is 467 g/mol. The van der Waals surface area contributed by atoms with E-state index in [1.54, 1.807) is 19.2 Å². The molecular weight excluding hydrogens is 444 g/mol. The minimum absolute atomic E-state index is 0.194. The topological polar surface area (TPSA) is 68.8 Å². The molecule has 0 saturated heterocycles. The molecule has 0 atom stereocenters. The second kappa shape index (κ2) is 11.6. The molecule has 0 heterocycles. The number of carbonyl (C=O) groups excluding carboxylic acids is 1. The zero-order chi connectivity index (χ0) is 20.4. The summed E-state index contributed by atoms with van der Waals surface area (Å²) >= 11 is 8.63. The van der Waals surface area contributed by atoms with Gasteiger partial charge < -0.3 is 19.5 Å². The first kappa shape index (κ1) is 22.1. The Morgan fingerprint density at radius 1 is 1.07 bits per heavy atom. The van der Waals surface area contributed by atoms with Crippen molar-refractivity contribution in [2.75, 3.05) is 32.2 Å². The van der Waals surface area contributed by atoms with E-state index in [0.717, 1.165) is 22.3 Å². The molecule has 0 aliphatic heterocycles. The Balaban J connectivity index is 1.95. The standard InChI is InChI=1S/C20H23BrN2O4S/c1-3-10-27-18-9-4-14(21)13-17(18)19(24)23-20(28)22-15-5-7-16(8-6-15)26-12-11-25-2/h4-9,13H,3,10-12H2,1-2H3,(H2,22,23,24,28). The third-order valence-corrected chi connectivity index (χ3v) is 4.24. The van der Waals surface area contributed by atoms with Crippen molar-refractivity contribution in [1.82, 2.24) is 5.32 Å². The Hall–Kier alpha value is -2.16. The van der Waals surface area contributed by atoms with Crippen molar-refractivity contribution in [3.63, 3.8) is 0 Å². The van der Waals surface area contributed by atoms with Gasteiger partial charge in [0.15, 0.2) is 5.11 Å². The lowest BCUT2D eigenvalue weighted by atomic mass is 10.2. The Bertz CT molecular complexity index is 799. The largest absolute Gasteiger partial charge is 0.493 e. The maximum atomic E-state index is 12.6. The maximum absolute atomic E-state index is 12.6.